The Balaban J connectivity index is 2.35. The molecule has 16 heavy (non-hydrogen) atoms. The first-order valence-electron chi connectivity index (χ1n) is 5.48. The molecule has 2 heterocycles. The zero-order chi connectivity index (χ0) is 11.5. The van der Waals surface area contributed by atoms with Gasteiger partial charge < -0.3 is 4.90 Å². The van der Waals surface area contributed by atoms with Crippen LogP contribution < -0.4 is 4.90 Å². The van der Waals surface area contributed by atoms with Crippen molar-refractivity contribution in [1.82, 2.24) is 4.98 Å². The molecule has 0 amide bonds. The number of hydrogen-bond donors (Lipinski definition) is 0. The van der Waals surface area contributed by atoms with Crippen molar-refractivity contribution >= 4 is 5.82 Å². The first-order chi connectivity index (χ1) is 7.72. The number of aromatic nitrogens is 1. The molecule has 0 N–H and O–H groups in total. The number of aryl methyl sites for hydroxylation is 1. The van der Waals surface area contributed by atoms with E-state index >= 15 is 0 Å². The smallest absolute Gasteiger partial charge is 0.147 e. The molecule has 0 spiro atoms. The van der Waals surface area contributed by atoms with Crippen molar-refractivity contribution < 1.29 is 0 Å². The summed E-state index contributed by atoms with van der Waals surface area (Å²) in [5, 5.41) is 9.15. The molecule has 0 unspecified atom stereocenters. The zero-order valence-electron chi connectivity index (χ0n) is 9.70. The Labute approximate surface area is 96.0 Å². The third-order valence-electron chi connectivity index (χ3n) is 2.99. The highest BCUT2D eigenvalue weighted by molar-refractivity contribution is 5.57. The second-order valence-electron chi connectivity index (χ2n) is 4.18. The highest BCUT2D eigenvalue weighted by Crippen LogP contribution is 2.22. The maximum absolute atomic E-state index is 9.15. The topological polar surface area (TPSA) is 39.9 Å². The molecule has 2 rings (SSSR count). The minimum atomic E-state index is 0.704. The lowest BCUT2D eigenvalue weighted by Gasteiger charge is -2.27. The minimum Gasteiger partial charge on any atom is -0.351 e. The van der Waals surface area contributed by atoms with Gasteiger partial charge >= 0.3 is 0 Å². The summed E-state index contributed by atoms with van der Waals surface area (Å²) in [6.07, 6.45) is 5.03. The van der Waals surface area contributed by atoms with E-state index in [0.717, 1.165) is 30.9 Å². The molecule has 0 saturated carbocycles. The lowest BCUT2D eigenvalue weighted by molar-refractivity contribution is 0.773. The summed E-state index contributed by atoms with van der Waals surface area (Å²) in [6.45, 7) is 5.91. The molecular weight excluding hydrogens is 198 g/mol. The van der Waals surface area contributed by atoms with Crippen molar-refractivity contribution in [2.24, 2.45) is 0 Å². The first kappa shape index (κ1) is 10.7. The fraction of sp³-hybridized carbons (Fsp3) is 0.385. The number of nitrogens with zero attached hydrogens (tertiary/aromatic N) is 3. The molecule has 0 radical (unpaired) electrons. The van der Waals surface area contributed by atoms with Crippen LogP contribution in [-0.2, 0) is 0 Å². The fourth-order valence-corrected chi connectivity index (χ4v) is 1.88. The van der Waals surface area contributed by atoms with Crippen LogP contribution in [0, 0.1) is 18.3 Å². The summed E-state index contributed by atoms with van der Waals surface area (Å²) in [5.41, 5.74) is 3.12. The molecule has 1 aromatic heterocycles. The SMILES string of the molecule is CC1=CCN(c2nccc(C)c2C#N)CC1. The lowest BCUT2D eigenvalue weighted by atomic mass is 10.1. The van der Waals surface area contributed by atoms with Gasteiger partial charge in [-0.1, -0.05) is 11.6 Å². The van der Waals surface area contributed by atoms with Crippen LogP contribution in [0.5, 0.6) is 0 Å². The van der Waals surface area contributed by atoms with Crippen LogP contribution in [-0.4, -0.2) is 18.1 Å². The highest BCUT2D eigenvalue weighted by Gasteiger charge is 2.16. The normalized spacial score (nSPS) is 15.6. The number of rotatable bonds is 1. The molecule has 0 aromatic carbocycles. The second kappa shape index (κ2) is 4.36. The van der Waals surface area contributed by atoms with E-state index in [1.165, 1.54) is 5.57 Å². The predicted octanol–water partition coefficient (Wildman–Crippen LogP) is 2.42. The van der Waals surface area contributed by atoms with Crippen LogP contribution in [0.2, 0.25) is 0 Å². The Morgan fingerprint density at radius 1 is 1.44 bits per heavy atom. The minimum absolute atomic E-state index is 0.704. The summed E-state index contributed by atoms with van der Waals surface area (Å²) in [6, 6.07) is 4.13. The maximum Gasteiger partial charge on any atom is 0.147 e. The molecule has 0 aliphatic carbocycles. The Bertz CT molecular complexity index is 469. The van der Waals surface area contributed by atoms with E-state index in [-0.39, 0.29) is 0 Å². The third kappa shape index (κ3) is 1.92. The molecule has 1 aromatic rings. The summed E-state index contributed by atoms with van der Waals surface area (Å²) >= 11 is 0. The Hall–Kier alpha value is -1.82. The maximum atomic E-state index is 9.15. The summed E-state index contributed by atoms with van der Waals surface area (Å²) < 4.78 is 0. The monoisotopic (exact) mass is 213 g/mol. The molecule has 0 bridgehead atoms. The van der Waals surface area contributed by atoms with Gasteiger partial charge in [0.05, 0.1) is 5.56 Å². The molecule has 0 atom stereocenters. The lowest BCUT2D eigenvalue weighted by Crippen LogP contribution is -2.29. The predicted molar refractivity (Wildman–Crippen MR) is 64.3 cm³/mol. The molecule has 0 fully saturated rings. The average Bonchev–Trinajstić information content (AvgIpc) is 2.30. The number of pyridine rings is 1. The van der Waals surface area contributed by atoms with E-state index in [0.29, 0.717) is 5.56 Å². The van der Waals surface area contributed by atoms with E-state index in [1.807, 2.05) is 13.0 Å². The number of hydrogen-bond acceptors (Lipinski definition) is 3. The van der Waals surface area contributed by atoms with Gasteiger partial charge in [-0.15, -0.1) is 0 Å². The van der Waals surface area contributed by atoms with Gasteiger partial charge in [-0.2, -0.15) is 5.26 Å². The van der Waals surface area contributed by atoms with E-state index < -0.39 is 0 Å². The molecule has 1 aliphatic rings. The summed E-state index contributed by atoms with van der Waals surface area (Å²) in [4.78, 5) is 6.50. The van der Waals surface area contributed by atoms with Gasteiger partial charge in [0.15, 0.2) is 0 Å². The van der Waals surface area contributed by atoms with Gasteiger partial charge in [0, 0.05) is 19.3 Å². The van der Waals surface area contributed by atoms with Crippen LogP contribution in [0.15, 0.2) is 23.9 Å². The summed E-state index contributed by atoms with van der Waals surface area (Å²) in [7, 11) is 0. The van der Waals surface area contributed by atoms with Crippen molar-refractivity contribution in [3.63, 3.8) is 0 Å². The van der Waals surface area contributed by atoms with Crippen molar-refractivity contribution in [1.29, 1.82) is 5.26 Å². The number of nitriles is 1. The quantitative estimate of drug-likeness (QED) is 0.672. The van der Waals surface area contributed by atoms with Crippen molar-refractivity contribution in [3.05, 3.63) is 35.0 Å². The van der Waals surface area contributed by atoms with Crippen molar-refractivity contribution in [2.75, 3.05) is 18.0 Å². The van der Waals surface area contributed by atoms with Crippen LogP contribution in [0.1, 0.15) is 24.5 Å². The van der Waals surface area contributed by atoms with Crippen molar-refractivity contribution in [3.8, 4) is 6.07 Å². The largest absolute Gasteiger partial charge is 0.351 e. The van der Waals surface area contributed by atoms with E-state index in [2.05, 4.69) is 29.0 Å². The van der Waals surface area contributed by atoms with E-state index in [9.17, 15) is 0 Å². The second-order valence-corrected chi connectivity index (χ2v) is 4.18. The Morgan fingerprint density at radius 3 is 2.88 bits per heavy atom. The Kier molecular flexibility index (Phi) is 2.91. The van der Waals surface area contributed by atoms with E-state index in [1.54, 1.807) is 6.20 Å². The molecule has 3 heteroatoms. The molecule has 1 aliphatic heterocycles. The standard InChI is InChI=1S/C13H15N3/c1-10-4-7-16(8-5-10)13-12(9-14)11(2)3-6-15-13/h3-4,6H,5,7-8H2,1-2H3. The highest BCUT2D eigenvalue weighted by atomic mass is 15.2. The average molecular weight is 213 g/mol. The summed E-state index contributed by atoms with van der Waals surface area (Å²) in [5.74, 6) is 0.825. The first-order valence-corrected chi connectivity index (χ1v) is 5.48. The fourth-order valence-electron chi connectivity index (χ4n) is 1.88. The van der Waals surface area contributed by atoms with Gasteiger partial charge in [-0.3, -0.25) is 0 Å². The van der Waals surface area contributed by atoms with Crippen LogP contribution >= 0.6 is 0 Å². The molecular formula is C13H15N3. The van der Waals surface area contributed by atoms with Crippen LogP contribution in [0.4, 0.5) is 5.82 Å². The number of anilines is 1. The van der Waals surface area contributed by atoms with Gasteiger partial charge in [-0.05, 0) is 31.9 Å². The van der Waals surface area contributed by atoms with Gasteiger partial charge in [0.25, 0.3) is 0 Å². The van der Waals surface area contributed by atoms with Gasteiger partial charge in [0.2, 0.25) is 0 Å². The van der Waals surface area contributed by atoms with Gasteiger partial charge in [0.1, 0.15) is 11.9 Å². The Morgan fingerprint density at radius 2 is 2.25 bits per heavy atom. The molecule has 82 valence electrons. The zero-order valence-corrected chi connectivity index (χ0v) is 9.70. The van der Waals surface area contributed by atoms with Crippen LogP contribution in [0.3, 0.4) is 0 Å². The van der Waals surface area contributed by atoms with Gasteiger partial charge in [-0.25, -0.2) is 4.98 Å². The van der Waals surface area contributed by atoms with E-state index in [4.69, 9.17) is 5.26 Å². The van der Waals surface area contributed by atoms with Crippen molar-refractivity contribution in [2.45, 2.75) is 20.3 Å². The third-order valence-corrected chi connectivity index (χ3v) is 2.99. The molecule has 3 nitrogen and oxygen atoms in total. The van der Waals surface area contributed by atoms with Crippen LogP contribution in [0.25, 0.3) is 0 Å². The molecule has 0 saturated heterocycles.